The van der Waals surface area contributed by atoms with E-state index in [2.05, 4.69) is 32.8 Å². The lowest BCUT2D eigenvalue weighted by Crippen LogP contribution is -2.50. The van der Waals surface area contributed by atoms with Crippen molar-refractivity contribution in [1.82, 2.24) is 20.0 Å². The predicted molar refractivity (Wildman–Crippen MR) is 153 cm³/mol. The normalized spacial score (nSPS) is 25.6. The molecule has 9 nitrogen and oxygen atoms in total. The van der Waals surface area contributed by atoms with Crippen LogP contribution >= 0.6 is 0 Å². The lowest BCUT2D eigenvalue weighted by molar-refractivity contribution is -0.139. The lowest BCUT2D eigenvalue weighted by Gasteiger charge is -2.41. The summed E-state index contributed by atoms with van der Waals surface area (Å²) in [7, 11) is 1.72. The van der Waals surface area contributed by atoms with Crippen molar-refractivity contribution in [2.24, 2.45) is 11.8 Å². The van der Waals surface area contributed by atoms with E-state index in [9.17, 15) is 14.4 Å². The van der Waals surface area contributed by atoms with Gasteiger partial charge in [0, 0.05) is 48.6 Å². The number of ether oxygens (including phenoxy) is 1. The Balaban J connectivity index is 1.19. The summed E-state index contributed by atoms with van der Waals surface area (Å²) in [5.74, 6) is -0.0239. The standard InChI is InChI=1S/C31H37N5O4/c1-19-17-28(37)36(34-19)21-13-11-20(12-14-21)30(38)33-26-10-6-4-8-24(26)31(39)35-16-15-23-27(18-40-2)32-25-9-5-3-7-22(25)29(23)35/h3,5,7,9,11-14,17,23-24,26-27,29,32,34H,4,6,8,10,15-16,18H2,1-2H3,(H,33,38)/t23-,24+,26-,27+,29+/m1/s1. The number of hydrogen-bond acceptors (Lipinski definition) is 5. The second kappa shape index (κ2) is 11.0. The van der Waals surface area contributed by atoms with Crippen LogP contribution in [0.15, 0.2) is 59.4 Å². The summed E-state index contributed by atoms with van der Waals surface area (Å²) in [5, 5.41) is 9.83. The highest BCUT2D eigenvalue weighted by Crippen LogP contribution is 2.47. The van der Waals surface area contributed by atoms with Crippen molar-refractivity contribution in [1.29, 1.82) is 0 Å². The molecule has 2 aromatic carbocycles. The van der Waals surface area contributed by atoms with E-state index in [1.54, 1.807) is 31.4 Å². The van der Waals surface area contributed by atoms with Crippen LogP contribution in [0.1, 0.15) is 59.8 Å². The Kier molecular flexibility index (Phi) is 7.23. The van der Waals surface area contributed by atoms with Crippen LogP contribution < -0.4 is 16.2 Å². The molecule has 2 fully saturated rings. The first-order chi connectivity index (χ1) is 19.4. The fourth-order valence-electron chi connectivity index (χ4n) is 6.95. The summed E-state index contributed by atoms with van der Waals surface area (Å²) in [6, 6.07) is 16.7. The second-order valence-electron chi connectivity index (χ2n) is 11.4. The molecule has 3 aromatic rings. The summed E-state index contributed by atoms with van der Waals surface area (Å²) < 4.78 is 6.98. The summed E-state index contributed by atoms with van der Waals surface area (Å²) in [6.07, 6.45) is 4.44. The number of carbonyl (C=O) groups is 2. The fraction of sp³-hybridized carbons (Fsp3) is 0.452. The Morgan fingerprint density at radius 1 is 1.05 bits per heavy atom. The number of aryl methyl sites for hydroxylation is 1. The SMILES string of the molecule is COC[C@@H]1Nc2ccccc2[C@H]2[C@@H]1CCN2C(=O)[C@H]1CCCC[C@H]1NC(=O)c1ccc(-n2[nH]c(C)cc2=O)cc1. The molecule has 0 unspecified atom stereocenters. The zero-order chi connectivity index (χ0) is 27.8. The number of nitrogens with one attached hydrogen (secondary N) is 3. The Morgan fingerprint density at radius 3 is 2.58 bits per heavy atom. The van der Waals surface area contributed by atoms with E-state index >= 15 is 0 Å². The largest absolute Gasteiger partial charge is 0.383 e. The third-order valence-corrected chi connectivity index (χ3v) is 8.85. The highest BCUT2D eigenvalue weighted by Gasteiger charge is 2.48. The van der Waals surface area contributed by atoms with Gasteiger partial charge in [-0.05, 0) is 62.1 Å². The maximum Gasteiger partial charge on any atom is 0.271 e. The van der Waals surface area contributed by atoms with Gasteiger partial charge < -0.3 is 20.3 Å². The average Bonchev–Trinajstić information content (AvgIpc) is 3.56. The molecule has 9 heteroatoms. The molecule has 2 amide bonds. The Morgan fingerprint density at radius 2 is 1.82 bits per heavy atom. The van der Waals surface area contributed by atoms with Gasteiger partial charge in [-0.2, -0.15) is 0 Å². The minimum atomic E-state index is -0.251. The molecular weight excluding hydrogens is 506 g/mol. The molecule has 5 atom stereocenters. The van der Waals surface area contributed by atoms with Gasteiger partial charge >= 0.3 is 0 Å². The number of para-hydroxylation sites is 1. The first-order valence-corrected chi connectivity index (χ1v) is 14.3. The molecule has 3 heterocycles. The third kappa shape index (κ3) is 4.83. The van der Waals surface area contributed by atoms with Gasteiger partial charge in [-0.1, -0.05) is 31.0 Å². The molecule has 1 aromatic heterocycles. The Hall–Kier alpha value is -3.85. The summed E-state index contributed by atoms with van der Waals surface area (Å²) in [4.78, 5) is 41.7. The number of nitrogens with zero attached hydrogens (tertiary/aromatic N) is 2. The van der Waals surface area contributed by atoms with Crippen LogP contribution in [0.5, 0.6) is 0 Å². The molecule has 0 spiro atoms. The van der Waals surface area contributed by atoms with Crippen LogP contribution in [0.3, 0.4) is 0 Å². The minimum Gasteiger partial charge on any atom is -0.383 e. The van der Waals surface area contributed by atoms with Crippen molar-refractivity contribution in [3.63, 3.8) is 0 Å². The van der Waals surface area contributed by atoms with Crippen LogP contribution in [0.4, 0.5) is 5.69 Å². The van der Waals surface area contributed by atoms with Crippen LogP contribution in [0.25, 0.3) is 5.69 Å². The number of amides is 2. The Bertz CT molecular complexity index is 1440. The summed E-state index contributed by atoms with van der Waals surface area (Å²) in [5.41, 5.74) is 4.03. The number of carbonyl (C=O) groups excluding carboxylic acids is 2. The quantitative estimate of drug-likeness (QED) is 0.438. The number of aromatic nitrogens is 2. The topological polar surface area (TPSA) is 108 Å². The monoisotopic (exact) mass is 543 g/mol. The van der Waals surface area contributed by atoms with E-state index < -0.39 is 0 Å². The maximum absolute atomic E-state index is 14.2. The Labute approximate surface area is 233 Å². The number of benzene rings is 2. The highest BCUT2D eigenvalue weighted by molar-refractivity contribution is 5.95. The number of fused-ring (bicyclic) bond motifs is 3. The zero-order valence-corrected chi connectivity index (χ0v) is 23.1. The van der Waals surface area contributed by atoms with Crippen LogP contribution in [-0.4, -0.2) is 58.8 Å². The van der Waals surface area contributed by atoms with E-state index in [0.29, 0.717) is 24.4 Å². The smallest absolute Gasteiger partial charge is 0.271 e. The first kappa shape index (κ1) is 26.4. The molecular formula is C31H37N5O4. The maximum atomic E-state index is 14.2. The van der Waals surface area contributed by atoms with Crippen molar-refractivity contribution in [2.75, 3.05) is 25.6 Å². The van der Waals surface area contributed by atoms with Crippen molar-refractivity contribution in [2.45, 2.75) is 57.2 Å². The van der Waals surface area contributed by atoms with E-state index in [4.69, 9.17) is 4.74 Å². The molecule has 0 radical (unpaired) electrons. The van der Waals surface area contributed by atoms with Crippen molar-refractivity contribution < 1.29 is 14.3 Å². The molecule has 1 saturated heterocycles. The summed E-state index contributed by atoms with van der Waals surface area (Å²) >= 11 is 0. The number of anilines is 1. The first-order valence-electron chi connectivity index (χ1n) is 14.3. The van der Waals surface area contributed by atoms with Gasteiger partial charge in [-0.15, -0.1) is 0 Å². The fourth-order valence-corrected chi connectivity index (χ4v) is 6.95. The molecule has 40 heavy (non-hydrogen) atoms. The van der Waals surface area contributed by atoms with Gasteiger partial charge in [-0.25, -0.2) is 4.68 Å². The van der Waals surface area contributed by atoms with Crippen molar-refractivity contribution in [3.8, 4) is 5.69 Å². The highest BCUT2D eigenvalue weighted by atomic mass is 16.5. The number of hydrogen-bond donors (Lipinski definition) is 3. The van der Waals surface area contributed by atoms with Crippen LogP contribution in [0, 0.1) is 18.8 Å². The van der Waals surface area contributed by atoms with Gasteiger partial charge in [-0.3, -0.25) is 19.5 Å². The summed E-state index contributed by atoms with van der Waals surface area (Å²) in [6.45, 7) is 3.13. The minimum absolute atomic E-state index is 0.0101. The van der Waals surface area contributed by atoms with Crippen molar-refractivity contribution in [3.05, 3.63) is 81.8 Å². The molecule has 0 bridgehead atoms. The molecule has 6 rings (SSSR count). The van der Waals surface area contributed by atoms with E-state index in [1.807, 2.05) is 19.1 Å². The van der Waals surface area contributed by atoms with Crippen LogP contribution in [-0.2, 0) is 9.53 Å². The zero-order valence-electron chi connectivity index (χ0n) is 23.1. The van der Waals surface area contributed by atoms with E-state index in [0.717, 1.165) is 43.5 Å². The third-order valence-electron chi connectivity index (χ3n) is 8.85. The average molecular weight is 544 g/mol. The van der Waals surface area contributed by atoms with Gasteiger partial charge in [0.1, 0.15) is 0 Å². The van der Waals surface area contributed by atoms with Gasteiger partial charge in [0.25, 0.3) is 11.5 Å². The van der Waals surface area contributed by atoms with Gasteiger partial charge in [0.15, 0.2) is 0 Å². The number of rotatable bonds is 6. The molecule has 1 saturated carbocycles. The van der Waals surface area contributed by atoms with Crippen molar-refractivity contribution >= 4 is 17.5 Å². The number of H-pyrrole nitrogens is 1. The molecule has 2 aliphatic heterocycles. The molecule has 3 aliphatic rings. The number of methoxy groups -OCH3 is 1. The van der Waals surface area contributed by atoms with Crippen LogP contribution in [0.2, 0.25) is 0 Å². The van der Waals surface area contributed by atoms with E-state index in [1.165, 1.54) is 16.3 Å². The molecule has 210 valence electrons. The number of aromatic amines is 1. The van der Waals surface area contributed by atoms with Gasteiger partial charge in [0.2, 0.25) is 5.91 Å². The second-order valence-corrected chi connectivity index (χ2v) is 11.4. The van der Waals surface area contributed by atoms with E-state index in [-0.39, 0.29) is 47.3 Å². The molecule has 1 aliphatic carbocycles. The molecule has 3 N–H and O–H groups in total. The lowest BCUT2D eigenvalue weighted by atomic mass is 9.81. The predicted octanol–water partition coefficient (Wildman–Crippen LogP) is 3.79. The number of likely N-dealkylation sites (tertiary alicyclic amines) is 1. The van der Waals surface area contributed by atoms with Gasteiger partial charge in [0.05, 0.1) is 30.3 Å².